The van der Waals surface area contributed by atoms with E-state index in [4.69, 9.17) is 10.4 Å². The molecule has 0 aliphatic rings. The predicted octanol–water partition coefficient (Wildman–Crippen LogP) is 2.56. The molecule has 4 nitrogen and oxygen atoms in total. The fourth-order valence-electron chi connectivity index (χ4n) is 1.58. The van der Waals surface area contributed by atoms with Crippen LogP contribution in [0.4, 0.5) is 13.2 Å². The lowest BCUT2D eigenvalue weighted by Gasteiger charge is -2.15. The van der Waals surface area contributed by atoms with Gasteiger partial charge in [0.15, 0.2) is 0 Å². The van der Waals surface area contributed by atoms with E-state index in [0.29, 0.717) is 6.07 Å². The molecule has 0 aliphatic carbocycles. The number of carboxylic acids is 1. The number of carbonyl (C=O) groups is 1. The summed E-state index contributed by atoms with van der Waals surface area (Å²) >= 11 is 0. The van der Waals surface area contributed by atoms with E-state index in [1.165, 1.54) is 19.0 Å². The van der Waals surface area contributed by atoms with Gasteiger partial charge in [0.25, 0.3) is 0 Å². The van der Waals surface area contributed by atoms with Gasteiger partial charge in [-0.25, -0.2) is 4.79 Å². The fourth-order valence-corrected chi connectivity index (χ4v) is 1.58. The summed E-state index contributed by atoms with van der Waals surface area (Å²) in [5, 5.41) is 17.7. The Bertz CT molecular complexity index is 599. The Kier molecular flexibility index (Phi) is 4.40. The van der Waals surface area contributed by atoms with Gasteiger partial charge in [-0.1, -0.05) is 6.07 Å². The highest BCUT2D eigenvalue weighted by atomic mass is 19.4. The lowest BCUT2D eigenvalue weighted by molar-refractivity contribution is -0.137. The minimum absolute atomic E-state index is 0.185. The summed E-state index contributed by atoms with van der Waals surface area (Å²) in [6.45, 7) is 0. The van der Waals surface area contributed by atoms with Crippen LogP contribution in [0.5, 0.6) is 0 Å². The molecule has 0 saturated carbocycles. The first-order valence-electron chi connectivity index (χ1n) is 5.40. The van der Waals surface area contributed by atoms with Crippen molar-refractivity contribution in [3.63, 3.8) is 0 Å². The van der Waals surface area contributed by atoms with Crippen LogP contribution in [0.2, 0.25) is 0 Å². The number of alkyl halides is 3. The van der Waals surface area contributed by atoms with E-state index in [0.717, 1.165) is 18.3 Å². The van der Waals surface area contributed by atoms with Crippen molar-refractivity contribution >= 4 is 11.5 Å². The third kappa shape index (κ3) is 3.51. The highest BCUT2D eigenvalue weighted by molar-refractivity contribution is 6.15. The van der Waals surface area contributed by atoms with E-state index in [9.17, 15) is 18.0 Å². The molecule has 0 unspecified atom stereocenters. The van der Waals surface area contributed by atoms with Gasteiger partial charge in [0.2, 0.25) is 0 Å². The number of hydrogen-bond donors (Lipinski definition) is 1. The zero-order valence-corrected chi connectivity index (χ0v) is 10.7. The van der Waals surface area contributed by atoms with Gasteiger partial charge in [0.1, 0.15) is 0 Å². The molecule has 0 atom stereocenters. The summed E-state index contributed by atoms with van der Waals surface area (Å²) in [6.07, 6.45) is -3.66. The predicted molar refractivity (Wildman–Crippen MR) is 65.5 cm³/mol. The number of rotatable bonds is 3. The first-order chi connectivity index (χ1) is 9.16. The number of carboxylic acid groups (broad SMARTS) is 1. The molecule has 7 heteroatoms. The molecule has 0 aliphatic heterocycles. The van der Waals surface area contributed by atoms with Crippen LogP contribution in [0.3, 0.4) is 0 Å². The highest BCUT2D eigenvalue weighted by Crippen LogP contribution is 2.35. The van der Waals surface area contributed by atoms with Crippen LogP contribution in [0.25, 0.3) is 5.57 Å². The first kappa shape index (κ1) is 15.6. The monoisotopic (exact) mass is 284 g/mol. The Morgan fingerprint density at radius 1 is 1.40 bits per heavy atom. The molecular formula is C13H11F3N2O2. The molecule has 0 saturated heterocycles. The lowest BCUT2D eigenvalue weighted by atomic mass is 9.97. The molecule has 1 aromatic carbocycles. The van der Waals surface area contributed by atoms with Crippen molar-refractivity contribution in [1.82, 2.24) is 4.90 Å². The molecule has 0 heterocycles. The van der Waals surface area contributed by atoms with E-state index in [1.54, 1.807) is 6.07 Å². The van der Waals surface area contributed by atoms with E-state index >= 15 is 0 Å². The van der Waals surface area contributed by atoms with Gasteiger partial charge >= 0.3 is 12.1 Å². The lowest BCUT2D eigenvalue weighted by Crippen LogP contribution is -2.14. The molecule has 20 heavy (non-hydrogen) atoms. The maximum atomic E-state index is 13.0. The second-order valence-electron chi connectivity index (χ2n) is 4.18. The van der Waals surface area contributed by atoms with Crippen molar-refractivity contribution in [2.24, 2.45) is 0 Å². The smallest absolute Gasteiger partial charge is 0.417 e. The van der Waals surface area contributed by atoms with Crippen LogP contribution in [0.1, 0.15) is 16.7 Å². The minimum atomic E-state index is -4.75. The maximum absolute atomic E-state index is 13.0. The van der Waals surface area contributed by atoms with Crippen molar-refractivity contribution in [3.8, 4) is 6.07 Å². The largest absolute Gasteiger partial charge is 0.478 e. The maximum Gasteiger partial charge on any atom is 0.417 e. The normalized spacial score (nSPS) is 11.9. The number of aliphatic carboxylic acids is 1. The Labute approximate surface area is 113 Å². The third-order valence-electron chi connectivity index (χ3n) is 2.36. The van der Waals surface area contributed by atoms with Gasteiger partial charge in [-0.2, -0.15) is 18.4 Å². The molecule has 0 aromatic heterocycles. The van der Waals surface area contributed by atoms with Crippen LogP contribution < -0.4 is 0 Å². The molecule has 0 bridgehead atoms. The van der Waals surface area contributed by atoms with E-state index in [2.05, 4.69) is 0 Å². The summed E-state index contributed by atoms with van der Waals surface area (Å²) in [7, 11) is 3.00. The molecule has 1 N–H and O–H groups in total. The van der Waals surface area contributed by atoms with Crippen molar-refractivity contribution < 1.29 is 23.1 Å². The second-order valence-corrected chi connectivity index (χ2v) is 4.18. The van der Waals surface area contributed by atoms with Gasteiger partial charge < -0.3 is 10.0 Å². The number of nitriles is 1. The number of benzene rings is 1. The quantitative estimate of drug-likeness (QED) is 0.866. The van der Waals surface area contributed by atoms with Crippen LogP contribution >= 0.6 is 0 Å². The SMILES string of the molecule is CN(C)/C=C(\C(=O)O)c1ccc(C#N)cc1C(F)(F)F. The van der Waals surface area contributed by atoms with Crippen molar-refractivity contribution in [1.29, 1.82) is 5.26 Å². The number of hydrogen-bond acceptors (Lipinski definition) is 3. The summed E-state index contributed by atoms with van der Waals surface area (Å²) in [4.78, 5) is 12.5. The third-order valence-corrected chi connectivity index (χ3v) is 2.36. The van der Waals surface area contributed by atoms with Gasteiger partial charge in [0.05, 0.1) is 22.8 Å². The average Bonchev–Trinajstić information content (AvgIpc) is 2.33. The molecular weight excluding hydrogens is 273 g/mol. The second kappa shape index (κ2) is 5.65. The number of nitrogens with zero attached hydrogens (tertiary/aromatic N) is 2. The highest BCUT2D eigenvalue weighted by Gasteiger charge is 2.35. The molecule has 1 aromatic rings. The zero-order chi connectivity index (χ0) is 15.5. The Balaban J connectivity index is 3.59. The first-order valence-corrected chi connectivity index (χ1v) is 5.40. The van der Waals surface area contributed by atoms with Crippen molar-refractivity contribution in [3.05, 3.63) is 41.1 Å². The number of halogens is 3. The molecule has 106 valence electrons. The fraction of sp³-hybridized carbons (Fsp3) is 0.231. The topological polar surface area (TPSA) is 64.3 Å². The van der Waals surface area contributed by atoms with E-state index < -0.39 is 28.8 Å². The van der Waals surface area contributed by atoms with Crippen molar-refractivity contribution in [2.45, 2.75) is 6.18 Å². The Hall–Kier alpha value is -2.49. The Morgan fingerprint density at radius 2 is 2.00 bits per heavy atom. The summed E-state index contributed by atoms with van der Waals surface area (Å²) in [5.74, 6) is -1.48. The molecule has 0 spiro atoms. The van der Waals surface area contributed by atoms with E-state index in [-0.39, 0.29) is 5.56 Å². The average molecular weight is 284 g/mol. The molecule has 0 amide bonds. The summed E-state index contributed by atoms with van der Waals surface area (Å²) in [6, 6.07) is 4.38. The molecule has 0 radical (unpaired) electrons. The molecule has 1 rings (SSSR count). The summed E-state index contributed by atoms with van der Waals surface area (Å²) in [5.41, 5.74) is -2.30. The Morgan fingerprint density at radius 3 is 2.40 bits per heavy atom. The minimum Gasteiger partial charge on any atom is -0.478 e. The van der Waals surface area contributed by atoms with Crippen LogP contribution in [-0.4, -0.2) is 30.1 Å². The van der Waals surface area contributed by atoms with Crippen LogP contribution in [0.15, 0.2) is 24.4 Å². The summed E-state index contributed by atoms with van der Waals surface area (Å²) < 4.78 is 38.9. The van der Waals surface area contributed by atoms with Gasteiger partial charge in [-0.3, -0.25) is 0 Å². The molecule has 0 fully saturated rings. The zero-order valence-electron chi connectivity index (χ0n) is 10.7. The van der Waals surface area contributed by atoms with E-state index in [1.807, 2.05) is 0 Å². The van der Waals surface area contributed by atoms with Gasteiger partial charge in [0, 0.05) is 25.9 Å². The van der Waals surface area contributed by atoms with Crippen LogP contribution in [-0.2, 0) is 11.0 Å². The van der Waals surface area contributed by atoms with Gasteiger partial charge in [-0.05, 0) is 12.1 Å². The van der Waals surface area contributed by atoms with Crippen LogP contribution in [0, 0.1) is 11.3 Å². The standard InChI is InChI=1S/C13H11F3N2O2/c1-18(2)7-10(12(19)20)9-4-3-8(6-17)5-11(9)13(14,15)16/h3-5,7H,1-2H3,(H,19,20)/b10-7-. The van der Waals surface area contributed by atoms with Crippen molar-refractivity contribution in [2.75, 3.05) is 14.1 Å². The van der Waals surface area contributed by atoms with Gasteiger partial charge in [-0.15, -0.1) is 0 Å².